The molecule has 9 aromatic rings. The first-order chi connectivity index (χ1) is 31.8. The maximum absolute atomic E-state index is 2.58. The van der Waals surface area contributed by atoms with E-state index in [9.17, 15) is 0 Å². The zero-order valence-electron chi connectivity index (χ0n) is 35.7. The van der Waals surface area contributed by atoms with Crippen molar-refractivity contribution in [3.63, 3.8) is 0 Å². The van der Waals surface area contributed by atoms with Crippen LogP contribution in [0.4, 0.5) is 34.1 Å². The summed E-state index contributed by atoms with van der Waals surface area (Å²) >= 11 is 0. The molecular weight excluding hydrogens is 771 g/mol. The van der Waals surface area contributed by atoms with Crippen LogP contribution < -0.4 is 26.2 Å². The molecule has 0 amide bonds. The lowest BCUT2D eigenvalue weighted by atomic mass is 9.33. The van der Waals surface area contributed by atoms with Gasteiger partial charge in [0.1, 0.15) is 0 Å². The number of hydrogen-bond donors (Lipinski definition) is 0. The lowest BCUT2D eigenvalue weighted by Gasteiger charge is -2.44. The van der Waals surface area contributed by atoms with Crippen LogP contribution in [0.2, 0.25) is 0 Å². The topological polar surface area (TPSA) is 6.48 Å². The van der Waals surface area contributed by atoms with Gasteiger partial charge in [-0.25, -0.2) is 0 Å². The molecule has 0 atom stereocenters. The van der Waals surface area contributed by atoms with Gasteiger partial charge in [-0.1, -0.05) is 171 Å². The molecule has 3 heteroatoms. The molecule has 0 radical (unpaired) electrons. The van der Waals surface area contributed by atoms with Gasteiger partial charge in [-0.15, -0.1) is 0 Å². The van der Waals surface area contributed by atoms with Crippen LogP contribution in [-0.4, -0.2) is 6.71 Å². The molecule has 3 aliphatic carbocycles. The molecule has 14 rings (SSSR count). The van der Waals surface area contributed by atoms with Gasteiger partial charge in [0.2, 0.25) is 0 Å². The summed E-state index contributed by atoms with van der Waals surface area (Å²) in [7, 11) is 0. The molecule has 302 valence electrons. The van der Waals surface area contributed by atoms with Crippen LogP contribution in [0.15, 0.2) is 206 Å². The minimum Gasteiger partial charge on any atom is -0.311 e. The number of fused-ring (bicyclic) bond motifs is 14. The average molecular weight is 817 g/mol. The Labute approximate surface area is 376 Å². The van der Waals surface area contributed by atoms with E-state index in [2.05, 4.69) is 216 Å². The Morgan fingerprint density at radius 2 is 0.844 bits per heavy atom. The second-order valence-corrected chi connectivity index (χ2v) is 18.6. The van der Waals surface area contributed by atoms with Gasteiger partial charge in [0, 0.05) is 34.1 Å². The van der Waals surface area contributed by atoms with Crippen molar-refractivity contribution < 1.29 is 0 Å². The van der Waals surface area contributed by atoms with Crippen LogP contribution in [-0.2, 0) is 5.41 Å². The van der Waals surface area contributed by atoms with E-state index in [-0.39, 0.29) is 12.1 Å². The monoisotopic (exact) mass is 816 g/mol. The fourth-order valence-corrected chi connectivity index (χ4v) is 12.8. The van der Waals surface area contributed by atoms with Crippen molar-refractivity contribution in [3.8, 4) is 33.4 Å². The Morgan fingerprint density at radius 3 is 1.42 bits per heavy atom. The van der Waals surface area contributed by atoms with Gasteiger partial charge in [0.05, 0.1) is 5.41 Å². The predicted octanol–water partition coefficient (Wildman–Crippen LogP) is 13.8. The quantitative estimate of drug-likeness (QED) is 0.163. The minimum absolute atomic E-state index is 0.127. The van der Waals surface area contributed by atoms with Crippen LogP contribution in [0.5, 0.6) is 0 Å². The first-order valence-corrected chi connectivity index (χ1v) is 23.3. The van der Waals surface area contributed by atoms with Gasteiger partial charge in [-0.05, 0) is 151 Å². The molecule has 5 aliphatic rings. The molecule has 0 aromatic heterocycles. The molecule has 64 heavy (non-hydrogen) atoms. The van der Waals surface area contributed by atoms with E-state index >= 15 is 0 Å². The zero-order valence-corrected chi connectivity index (χ0v) is 35.7. The van der Waals surface area contributed by atoms with Gasteiger partial charge in [0.15, 0.2) is 0 Å². The average Bonchev–Trinajstić information content (AvgIpc) is 3.84. The van der Waals surface area contributed by atoms with Gasteiger partial charge in [-0.3, -0.25) is 0 Å². The summed E-state index contributed by atoms with van der Waals surface area (Å²) in [5.74, 6) is 0.554. The van der Waals surface area contributed by atoms with E-state index in [1.165, 1.54) is 144 Å². The van der Waals surface area contributed by atoms with Crippen molar-refractivity contribution in [2.75, 3.05) is 9.80 Å². The second kappa shape index (κ2) is 13.8. The molecule has 2 nitrogen and oxygen atoms in total. The Morgan fingerprint density at radius 1 is 0.375 bits per heavy atom. The third kappa shape index (κ3) is 4.93. The molecule has 1 fully saturated rings. The number of rotatable bonds is 4. The van der Waals surface area contributed by atoms with Gasteiger partial charge < -0.3 is 9.80 Å². The number of hydrogen-bond acceptors (Lipinski definition) is 2. The maximum atomic E-state index is 2.58. The summed E-state index contributed by atoms with van der Waals surface area (Å²) in [6, 6.07) is 78.4. The number of anilines is 6. The zero-order chi connectivity index (χ0) is 41.9. The fraction of sp³-hybridized carbons (Fsp3) is 0.115. The van der Waals surface area contributed by atoms with Crippen molar-refractivity contribution in [1.82, 2.24) is 0 Å². The van der Waals surface area contributed by atoms with Crippen molar-refractivity contribution in [3.05, 3.63) is 234 Å². The molecular formula is C61H45BN2. The second-order valence-electron chi connectivity index (χ2n) is 18.6. The van der Waals surface area contributed by atoms with Crippen molar-refractivity contribution in [2.24, 2.45) is 0 Å². The van der Waals surface area contributed by atoms with Crippen molar-refractivity contribution >= 4 is 57.2 Å². The Balaban J connectivity index is 0.942. The molecule has 2 heterocycles. The smallest absolute Gasteiger partial charge is 0.252 e. The molecule has 0 bridgehead atoms. The first-order valence-electron chi connectivity index (χ1n) is 23.3. The largest absolute Gasteiger partial charge is 0.311 e. The van der Waals surface area contributed by atoms with Gasteiger partial charge in [-0.2, -0.15) is 0 Å². The highest BCUT2D eigenvalue weighted by molar-refractivity contribution is 7.00. The SMILES string of the molecule is c1ccc(N2c3ccccc3B3c4ccccc4N(c4ccc(-c5ccc6c(c5)C5(c7ccccc7-c7ccccc75)c5ccccc5-6)cc4)c4cc(C5CCCCC5)cc2c43)cc1. The Bertz CT molecular complexity index is 3280. The lowest BCUT2D eigenvalue weighted by molar-refractivity contribution is 0.444. The maximum Gasteiger partial charge on any atom is 0.252 e. The molecule has 1 spiro atoms. The third-order valence-corrected chi connectivity index (χ3v) is 15.5. The highest BCUT2D eigenvalue weighted by Crippen LogP contribution is 2.63. The van der Waals surface area contributed by atoms with Crippen LogP contribution in [0.1, 0.15) is 65.8 Å². The van der Waals surface area contributed by atoms with E-state index in [4.69, 9.17) is 0 Å². The fourth-order valence-electron chi connectivity index (χ4n) is 12.8. The summed E-state index contributed by atoms with van der Waals surface area (Å²) in [6.07, 6.45) is 6.44. The molecule has 0 saturated heterocycles. The summed E-state index contributed by atoms with van der Waals surface area (Å²) in [5, 5.41) is 0. The van der Waals surface area contributed by atoms with E-state index in [1.54, 1.807) is 0 Å². The van der Waals surface area contributed by atoms with Gasteiger partial charge in [0.25, 0.3) is 6.71 Å². The van der Waals surface area contributed by atoms with E-state index < -0.39 is 0 Å². The van der Waals surface area contributed by atoms with E-state index in [0.29, 0.717) is 5.92 Å². The highest BCUT2D eigenvalue weighted by Gasteiger charge is 2.51. The predicted molar refractivity (Wildman–Crippen MR) is 268 cm³/mol. The number of nitrogens with zero attached hydrogens (tertiary/aromatic N) is 2. The van der Waals surface area contributed by atoms with Crippen molar-refractivity contribution in [1.29, 1.82) is 0 Å². The first kappa shape index (κ1) is 36.2. The van der Waals surface area contributed by atoms with Crippen LogP contribution in [0.3, 0.4) is 0 Å². The Hall–Kier alpha value is -7.36. The number of para-hydroxylation sites is 3. The summed E-state index contributed by atoms with van der Waals surface area (Å²) in [4.78, 5) is 5.13. The molecule has 2 aliphatic heterocycles. The standard InChI is InChI=1S/C61H45BN2/c1-3-17-40(18-4-1)43-38-58-60-59(39-43)64(57-30-16-14-28-55(57)62(60)54-27-13-15-29-56(54)63(58)44-19-5-2-6-20-44)45-34-31-41(32-35-45)42-33-36-49-48-23-9-12-26-52(48)61(53(49)37-42)50-24-10-7-21-46(50)47-22-8-11-25-51(47)61/h2,5-16,19-40H,1,3-4,17-18H2. The molecule has 0 N–H and O–H groups in total. The molecule has 9 aromatic carbocycles. The normalized spacial score (nSPS) is 15.8. The summed E-state index contributed by atoms with van der Waals surface area (Å²) in [6.45, 7) is 0.127. The summed E-state index contributed by atoms with van der Waals surface area (Å²) < 4.78 is 0. The van der Waals surface area contributed by atoms with E-state index in [1.807, 2.05) is 0 Å². The molecule has 1 saturated carbocycles. The van der Waals surface area contributed by atoms with Crippen LogP contribution in [0, 0.1) is 0 Å². The van der Waals surface area contributed by atoms with E-state index in [0.717, 1.165) is 0 Å². The summed E-state index contributed by atoms with van der Waals surface area (Å²) in [5.41, 5.74) is 26.1. The Kier molecular flexibility index (Phi) is 7.81. The van der Waals surface area contributed by atoms with Gasteiger partial charge >= 0.3 is 0 Å². The number of benzene rings is 9. The molecule has 0 unspecified atom stereocenters. The minimum atomic E-state index is -0.363. The highest BCUT2D eigenvalue weighted by atomic mass is 15.2. The third-order valence-electron chi connectivity index (χ3n) is 15.5. The van der Waals surface area contributed by atoms with Crippen LogP contribution >= 0.6 is 0 Å². The van der Waals surface area contributed by atoms with Crippen molar-refractivity contribution in [2.45, 2.75) is 43.4 Å². The lowest BCUT2D eigenvalue weighted by Crippen LogP contribution is -2.61. The van der Waals surface area contributed by atoms with Crippen LogP contribution in [0.25, 0.3) is 33.4 Å².